The summed E-state index contributed by atoms with van der Waals surface area (Å²) in [6, 6.07) is 8.08. The average Bonchev–Trinajstić information content (AvgIpc) is 2.70. The molecule has 0 fully saturated rings. The molecule has 0 unspecified atom stereocenters. The Balaban J connectivity index is 1.87. The molecule has 0 aliphatic heterocycles. The molecule has 1 aliphatic rings. The minimum Gasteiger partial charge on any atom is -0.352 e. The van der Waals surface area contributed by atoms with Crippen LogP contribution in [0.25, 0.3) is 0 Å². The molecule has 2 rings (SSSR count). The van der Waals surface area contributed by atoms with E-state index >= 15 is 0 Å². The molecule has 3 N–H and O–H groups in total. The third-order valence-corrected chi connectivity index (χ3v) is 2.86. The molecular weight excluding hydrogens is 220 g/mol. The standard InChI is InChI=1S/C12H14N2O3/c15-11(7-12(16)14-17)13-10-5-8-3-1-2-4-9(8)6-10/h1-4,10,17H,5-7H2,(H,13,15)(H,14,16). The molecule has 1 aromatic carbocycles. The van der Waals surface area contributed by atoms with Gasteiger partial charge < -0.3 is 5.32 Å². The molecule has 0 saturated carbocycles. The van der Waals surface area contributed by atoms with Crippen molar-refractivity contribution in [3.63, 3.8) is 0 Å². The van der Waals surface area contributed by atoms with E-state index in [0.29, 0.717) is 0 Å². The molecule has 0 spiro atoms. The SMILES string of the molecule is O=C(CC(=O)NC1Cc2ccccc2C1)NO. The van der Waals surface area contributed by atoms with Crippen molar-refractivity contribution in [2.24, 2.45) is 0 Å². The Morgan fingerprint density at radius 3 is 2.29 bits per heavy atom. The highest BCUT2D eigenvalue weighted by Gasteiger charge is 2.22. The maximum Gasteiger partial charge on any atom is 0.252 e. The van der Waals surface area contributed by atoms with Crippen LogP contribution in [0.15, 0.2) is 24.3 Å². The van der Waals surface area contributed by atoms with Gasteiger partial charge in [-0.25, -0.2) is 5.48 Å². The van der Waals surface area contributed by atoms with Crippen molar-refractivity contribution in [1.82, 2.24) is 10.8 Å². The van der Waals surface area contributed by atoms with E-state index in [-0.39, 0.29) is 18.4 Å². The number of carbonyl (C=O) groups is 2. The van der Waals surface area contributed by atoms with Crippen molar-refractivity contribution in [3.8, 4) is 0 Å². The van der Waals surface area contributed by atoms with Gasteiger partial charge in [0.15, 0.2) is 0 Å². The van der Waals surface area contributed by atoms with Gasteiger partial charge in [-0.3, -0.25) is 14.8 Å². The quantitative estimate of drug-likeness (QED) is 0.396. The lowest BCUT2D eigenvalue weighted by atomic mass is 10.1. The predicted octanol–water partition coefficient (Wildman–Crippen LogP) is 0.165. The number of hydrogen-bond donors (Lipinski definition) is 3. The lowest BCUT2D eigenvalue weighted by Gasteiger charge is -2.11. The number of hydroxylamine groups is 1. The first-order chi connectivity index (χ1) is 8.19. The lowest BCUT2D eigenvalue weighted by Crippen LogP contribution is -2.38. The number of amides is 2. The zero-order valence-corrected chi connectivity index (χ0v) is 9.27. The minimum absolute atomic E-state index is 0.0476. The fourth-order valence-electron chi connectivity index (χ4n) is 2.12. The highest BCUT2D eigenvalue weighted by atomic mass is 16.5. The van der Waals surface area contributed by atoms with Crippen LogP contribution in [0.4, 0.5) is 0 Å². The van der Waals surface area contributed by atoms with Crippen LogP contribution in [-0.4, -0.2) is 23.1 Å². The largest absolute Gasteiger partial charge is 0.352 e. The highest BCUT2D eigenvalue weighted by Crippen LogP contribution is 2.21. The van der Waals surface area contributed by atoms with Gasteiger partial charge in [-0.2, -0.15) is 0 Å². The molecule has 0 saturated heterocycles. The Bertz CT molecular complexity index is 420. The summed E-state index contributed by atoms with van der Waals surface area (Å²) in [5, 5.41) is 11.1. The monoisotopic (exact) mass is 234 g/mol. The van der Waals surface area contributed by atoms with Gasteiger partial charge in [0.05, 0.1) is 0 Å². The Hall–Kier alpha value is -1.88. The summed E-state index contributed by atoms with van der Waals surface area (Å²) in [5.41, 5.74) is 3.92. The van der Waals surface area contributed by atoms with Gasteiger partial charge in [-0.15, -0.1) is 0 Å². The zero-order valence-electron chi connectivity index (χ0n) is 9.27. The van der Waals surface area contributed by atoms with E-state index in [9.17, 15) is 9.59 Å². The average molecular weight is 234 g/mol. The van der Waals surface area contributed by atoms with E-state index in [0.717, 1.165) is 12.8 Å². The predicted molar refractivity (Wildman–Crippen MR) is 60.3 cm³/mol. The van der Waals surface area contributed by atoms with E-state index in [4.69, 9.17) is 5.21 Å². The van der Waals surface area contributed by atoms with Crippen LogP contribution in [0.5, 0.6) is 0 Å². The molecule has 17 heavy (non-hydrogen) atoms. The molecule has 0 bridgehead atoms. The topological polar surface area (TPSA) is 78.4 Å². The van der Waals surface area contributed by atoms with Crippen LogP contribution in [0.2, 0.25) is 0 Å². The summed E-state index contributed by atoms with van der Waals surface area (Å²) in [5.74, 6) is -1.06. The van der Waals surface area contributed by atoms with Crippen LogP contribution in [-0.2, 0) is 22.4 Å². The van der Waals surface area contributed by atoms with Gasteiger partial charge in [0, 0.05) is 6.04 Å². The van der Waals surface area contributed by atoms with Crippen LogP contribution in [0.1, 0.15) is 17.5 Å². The lowest BCUT2D eigenvalue weighted by molar-refractivity contribution is -0.134. The number of carbonyl (C=O) groups excluding carboxylic acids is 2. The van der Waals surface area contributed by atoms with Crippen molar-refractivity contribution in [1.29, 1.82) is 0 Å². The first-order valence-electron chi connectivity index (χ1n) is 5.48. The van der Waals surface area contributed by atoms with Gasteiger partial charge in [0.2, 0.25) is 5.91 Å². The molecule has 5 nitrogen and oxygen atoms in total. The van der Waals surface area contributed by atoms with Gasteiger partial charge >= 0.3 is 0 Å². The first-order valence-corrected chi connectivity index (χ1v) is 5.48. The smallest absolute Gasteiger partial charge is 0.252 e. The van der Waals surface area contributed by atoms with E-state index in [1.807, 2.05) is 24.3 Å². The van der Waals surface area contributed by atoms with Crippen molar-refractivity contribution in [2.75, 3.05) is 0 Å². The minimum atomic E-state index is -0.696. The van der Waals surface area contributed by atoms with E-state index in [2.05, 4.69) is 5.32 Å². The van der Waals surface area contributed by atoms with Gasteiger partial charge in [-0.1, -0.05) is 24.3 Å². The molecule has 5 heteroatoms. The van der Waals surface area contributed by atoms with Gasteiger partial charge in [0.25, 0.3) is 5.91 Å². The summed E-state index contributed by atoms with van der Waals surface area (Å²) >= 11 is 0. The Morgan fingerprint density at radius 2 is 1.76 bits per heavy atom. The highest BCUT2D eigenvalue weighted by molar-refractivity contribution is 5.96. The van der Waals surface area contributed by atoms with Crippen LogP contribution in [0.3, 0.4) is 0 Å². The van der Waals surface area contributed by atoms with Crippen molar-refractivity contribution in [3.05, 3.63) is 35.4 Å². The van der Waals surface area contributed by atoms with E-state index in [1.165, 1.54) is 16.6 Å². The summed E-state index contributed by atoms with van der Waals surface area (Å²) in [7, 11) is 0. The van der Waals surface area contributed by atoms with Crippen LogP contribution in [0, 0.1) is 0 Å². The summed E-state index contributed by atoms with van der Waals surface area (Å²) < 4.78 is 0. The van der Waals surface area contributed by atoms with Gasteiger partial charge in [0.1, 0.15) is 6.42 Å². The number of nitrogens with one attached hydrogen (secondary N) is 2. The zero-order chi connectivity index (χ0) is 12.3. The molecule has 2 amide bonds. The van der Waals surface area contributed by atoms with E-state index in [1.54, 1.807) is 0 Å². The van der Waals surface area contributed by atoms with Gasteiger partial charge in [-0.05, 0) is 24.0 Å². The molecule has 1 aliphatic carbocycles. The fourth-order valence-corrected chi connectivity index (χ4v) is 2.12. The third-order valence-electron chi connectivity index (χ3n) is 2.86. The fraction of sp³-hybridized carbons (Fsp3) is 0.333. The number of hydrogen-bond acceptors (Lipinski definition) is 3. The van der Waals surface area contributed by atoms with Crippen molar-refractivity contribution < 1.29 is 14.8 Å². The Kier molecular flexibility index (Phi) is 3.39. The molecule has 0 radical (unpaired) electrons. The second-order valence-electron chi connectivity index (χ2n) is 4.15. The second-order valence-corrected chi connectivity index (χ2v) is 4.15. The first kappa shape index (κ1) is 11.6. The number of rotatable bonds is 3. The summed E-state index contributed by atoms with van der Waals surface area (Å²) in [4.78, 5) is 22.2. The molecule has 90 valence electrons. The Labute approximate surface area is 98.8 Å². The normalized spacial score (nSPS) is 14.2. The van der Waals surface area contributed by atoms with E-state index < -0.39 is 5.91 Å². The maximum atomic E-state index is 11.4. The molecule has 0 atom stereocenters. The van der Waals surface area contributed by atoms with Crippen molar-refractivity contribution >= 4 is 11.8 Å². The number of fused-ring (bicyclic) bond motifs is 1. The molecule has 0 aromatic heterocycles. The molecular formula is C12H14N2O3. The Morgan fingerprint density at radius 1 is 1.18 bits per heavy atom. The molecule has 1 aromatic rings. The maximum absolute atomic E-state index is 11.4. The second kappa shape index (κ2) is 4.97. The molecule has 0 heterocycles. The van der Waals surface area contributed by atoms with Crippen molar-refractivity contribution in [2.45, 2.75) is 25.3 Å². The summed E-state index contributed by atoms with van der Waals surface area (Å²) in [6.07, 6.45) is 1.24. The number of benzene rings is 1. The summed E-state index contributed by atoms with van der Waals surface area (Å²) in [6.45, 7) is 0. The van der Waals surface area contributed by atoms with Crippen LogP contribution >= 0.6 is 0 Å². The van der Waals surface area contributed by atoms with Crippen LogP contribution < -0.4 is 10.8 Å². The third kappa shape index (κ3) is 2.82.